The molecule has 8 rings (SSSR count). The summed E-state index contributed by atoms with van der Waals surface area (Å²) in [7, 11) is 0.592. The van der Waals surface area contributed by atoms with Gasteiger partial charge in [0.25, 0.3) is 0 Å². The molecular weight excluding hydrogens is 935 g/mol. The highest BCUT2D eigenvalue weighted by Crippen LogP contribution is 2.45. The summed E-state index contributed by atoms with van der Waals surface area (Å²) in [6.07, 6.45) is -9.30. The Kier molecular flexibility index (Phi) is 17.9. The molecule has 0 bridgehead atoms. The average Bonchev–Trinajstić information content (AvgIpc) is 3.38. The minimum absolute atomic E-state index is 0.00865. The normalized spacial score (nSPS) is 27.0. The lowest BCUT2D eigenvalue weighted by molar-refractivity contribution is -0.335. The number of methoxy groups -OCH3 is 2. The summed E-state index contributed by atoms with van der Waals surface area (Å²) in [4.78, 5) is 13.6. The van der Waals surface area contributed by atoms with Crippen LogP contribution in [0.1, 0.15) is 56.2 Å². The first-order chi connectivity index (χ1) is 34.7. The Morgan fingerprint density at radius 3 is 1.81 bits per heavy atom. The van der Waals surface area contributed by atoms with E-state index in [4.69, 9.17) is 51.8 Å². The molecule has 0 aliphatic carbocycles. The first kappa shape index (κ1) is 53.1. The van der Waals surface area contributed by atoms with Gasteiger partial charge in [-0.3, -0.25) is 4.79 Å². The minimum Gasteiger partial charge on any atom is -0.497 e. The zero-order chi connectivity index (χ0) is 50.8. The smallest absolute Gasteiger partial charge is 0.229 e. The summed E-state index contributed by atoms with van der Waals surface area (Å²) < 4.78 is 73.0. The number of hydrogen-bond acceptors (Lipinski definition) is 13. The Hall–Kier alpha value is -5.17. The Morgan fingerprint density at radius 2 is 1.24 bits per heavy atom. The molecule has 3 fully saturated rings. The van der Waals surface area contributed by atoms with Crippen molar-refractivity contribution in [2.75, 3.05) is 27.4 Å². The number of fused-ring (bicyclic) bond motifs is 1. The van der Waals surface area contributed by atoms with Crippen molar-refractivity contribution in [3.8, 4) is 17.2 Å². The van der Waals surface area contributed by atoms with Gasteiger partial charge in [0.05, 0.1) is 77.7 Å². The van der Waals surface area contributed by atoms with E-state index < -0.39 is 81.7 Å². The molecule has 12 atom stereocenters. The van der Waals surface area contributed by atoms with Crippen LogP contribution in [0.2, 0.25) is 18.1 Å². The fourth-order valence-electron chi connectivity index (χ4n) is 9.28. The number of rotatable bonds is 20. The summed E-state index contributed by atoms with van der Waals surface area (Å²) in [5.74, 6) is 0.610. The van der Waals surface area contributed by atoms with Crippen molar-refractivity contribution in [3.05, 3.63) is 162 Å². The van der Waals surface area contributed by atoms with Crippen LogP contribution in [0.25, 0.3) is 0 Å². The van der Waals surface area contributed by atoms with Crippen LogP contribution in [0.15, 0.2) is 140 Å². The Labute approximate surface area is 425 Å². The standard InChI is InChI=1S/C57H71NO13Si/c1-37(59)58-48-52(68-46-36-66-55(41-22-16-11-17-23-41)70-50(46)53(48)71-72(7,8)57(2,3)4)49(60)47-45(35-63-32-40-24-26-42(61-5)27-25-40)69-56(67-44-30-28-43(62-6)29-31-44)54(65-34-39-20-14-10-15-21-39)51(47)64-33-38-18-12-9-13-19-38/h9-31,45-56,60H,32-36H2,1-8H3,(H,58,59)/t45-,46-,47+,48+,49+,50-,51+,52-,53-,54-,55?,56-/m1/s1. The van der Waals surface area contributed by atoms with E-state index in [0.29, 0.717) is 11.5 Å². The lowest BCUT2D eigenvalue weighted by Crippen LogP contribution is -2.73. The lowest BCUT2D eigenvalue weighted by atomic mass is 9.78. The van der Waals surface area contributed by atoms with Crippen molar-refractivity contribution < 1.29 is 61.7 Å². The van der Waals surface area contributed by atoms with Crippen LogP contribution in [0, 0.1) is 5.92 Å². The van der Waals surface area contributed by atoms with Crippen LogP contribution in [0.3, 0.4) is 0 Å². The predicted octanol–water partition coefficient (Wildman–Crippen LogP) is 8.95. The van der Waals surface area contributed by atoms with Gasteiger partial charge in [-0.25, -0.2) is 0 Å². The average molecular weight is 1010 g/mol. The molecule has 72 heavy (non-hydrogen) atoms. The molecule has 1 amide bonds. The van der Waals surface area contributed by atoms with Crippen molar-refractivity contribution in [1.29, 1.82) is 0 Å². The largest absolute Gasteiger partial charge is 0.497 e. The predicted molar refractivity (Wildman–Crippen MR) is 273 cm³/mol. The molecule has 5 aromatic carbocycles. The monoisotopic (exact) mass is 1010 g/mol. The maximum Gasteiger partial charge on any atom is 0.229 e. The van der Waals surface area contributed by atoms with Gasteiger partial charge in [-0.1, -0.05) is 124 Å². The third-order valence-corrected chi connectivity index (χ3v) is 18.6. The van der Waals surface area contributed by atoms with E-state index in [1.807, 2.05) is 127 Å². The summed E-state index contributed by atoms with van der Waals surface area (Å²) >= 11 is 0. The zero-order valence-corrected chi connectivity index (χ0v) is 43.6. The number of aliphatic hydroxyl groups is 1. The number of carbonyl (C=O) groups is 1. The van der Waals surface area contributed by atoms with Crippen molar-refractivity contribution in [3.63, 3.8) is 0 Å². The number of nitrogens with one attached hydrogen (secondary N) is 1. The van der Waals surface area contributed by atoms with E-state index in [1.165, 1.54) is 6.92 Å². The van der Waals surface area contributed by atoms with Crippen LogP contribution in [-0.4, -0.2) is 108 Å². The number of aliphatic hydroxyl groups excluding tert-OH is 1. The fraction of sp³-hybridized carbons (Fsp3) is 0.456. The van der Waals surface area contributed by atoms with Crippen LogP contribution < -0.4 is 19.5 Å². The molecule has 3 aliphatic heterocycles. The molecular formula is C57H71NO13Si. The molecule has 3 saturated heterocycles. The second-order valence-corrected chi connectivity index (χ2v) is 24.9. The minimum atomic E-state index is -2.64. The van der Waals surface area contributed by atoms with E-state index in [0.717, 1.165) is 28.0 Å². The SMILES string of the molecule is COc1ccc(COC[C@H]2O[C@@H](Oc3ccc(OC)cc3)[C@H](OCc3ccccc3)[C@@H](OCc3ccccc3)[C@@H]2[C@H](O)[C@@H]2O[C@@H]3COC(c4ccccc4)O[C@H]3[C@H](O[Si](C)(C)C(C)(C)C)[C@H]2NC(C)=O)cc1. The van der Waals surface area contributed by atoms with E-state index >= 15 is 0 Å². The summed E-state index contributed by atoms with van der Waals surface area (Å²) in [5, 5.41) is 16.5. The van der Waals surface area contributed by atoms with E-state index in [9.17, 15) is 9.90 Å². The van der Waals surface area contributed by atoms with Gasteiger partial charge in [-0.2, -0.15) is 0 Å². The van der Waals surface area contributed by atoms with Crippen LogP contribution in [-0.2, 0) is 62.2 Å². The highest BCUT2D eigenvalue weighted by atomic mass is 28.4. The molecule has 1 unspecified atom stereocenters. The maximum atomic E-state index is 13.6. The van der Waals surface area contributed by atoms with Crippen LogP contribution in [0.5, 0.6) is 17.2 Å². The van der Waals surface area contributed by atoms with Gasteiger partial charge in [0, 0.05) is 18.4 Å². The summed E-state index contributed by atoms with van der Waals surface area (Å²) in [6.45, 7) is 12.9. The Bertz CT molecular complexity index is 2430. The molecule has 0 saturated carbocycles. The maximum absolute atomic E-state index is 13.6. The molecule has 0 aromatic heterocycles. The molecule has 0 radical (unpaired) electrons. The molecule has 14 nitrogen and oxygen atoms in total. The molecule has 386 valence electrons. The molecule has 0 spiro atoms. The topological polar surface area (TPSA) is 151 Å². The first-order valence-electron chi connectivity index (χ1n) is 24.8. The van der Waals surface area contributed by atoms with Crippen LogP contribution >= 0.6 is 0 Å². The van der Waals surface area contributed by atoms with Gasteiger partial charge in [-0.15, -0.1) is 0 Å². The summed E-state index contributed by atoms with van der Waals surface area (Å²) in [6, 6.07) is 43.3. The number of benzene rings is 5. The molecule has 15 heteroatoms. The molecule has 3 aliphatic rings. The lowest BCUT2D eigenvalue weighted by Gasteiger charge is -2.55. The van der Waals surface area contributed by atoms with Crippen molar-refractivity contribution in [1.82, 2.24) is 5.32 Å². The molecule has 5 aromatic rings. The van der Waals surface area contributed by atoms with Gasteiger partial charge < -0.3 is 62.2 Å². The second-order valence-electron chi connectivity index (χ2n) is 20.2. The third-order valence-electron chi connectivity index (χ3n) is 14.1. The summed E-state index contributed by atoms with van der Waals surface area (Å²) in [5.41, 5.74) is 3.55. The highest BCUT2D eigenvalue weighted by Gasteiger charge is 2.60. The Balaban J connectivity index is 1.22. The van der Waals surface area contributed by atoms with Crippen molar-refractivity contribution >= 4 is 14.2 Å². The van der Waals surface area contributed by atoms with E-state index in [2.05, 4.69) is 39.2 Å². The zero-order valence-electron chi connectivity index (χ0n) is 42.6. The van der Waals surface area contributed by atoms with Gasteiger partial charge in [0.2, 0.25) is 12.2 Å². The quantitative estimate of drug-likeness (QED) is 0.0715. The third kappa shape index (κ3) is 13.1. The Morgan fingerprint density at radius 1 is 0.694 bits per heavy atom. The molecule has 3 heterocycles. The van der Waals surface area contributed by atoms with E-state index in [1.54, 1.807) is 26.4 Å². The second kappa shape index (κ2) is 24.2. The van der Waals surface area contributed by atoms with Gasteiger partial charge in [-0.05, 0) is 71.2 Å². The number of ether oxygens (including phenoxy) is 10. The number of hydrogen-bond donors (Lipinski definition) is 2. The van der Waals surface area contributed by atoms with E-state index in [-0.39, 0.29) is 44.0 Å². The van der Waals surface area contributed by atoms with Gasteiger partial charge >= 0.3 is 0 Å². The number of carbonyl (C=O) groups excluding carboxylic acids is 1. The highest BCUT2D eigenvalue weighted by molar-refractivity contribution is 6.74. The molecule has 2 N–H and O–H groups in total. The van der Waals surface area contributed by atoms with Gasteiger partial charge in [0.1, 0.15) is 41.7 Å². The van der Waals surface area contributed by atoms with Gasteiger partial charge in [0.15, 0.2) is 14.6 Å². The van der Waals surface area contributed by atoms with Crippen molar-refractivity contribution in [2.45, 2.75) is 133 Å². The number of amides is 1. The first-order valence-corrected chi connectivity index (χ1v) is 27.7. The fourth-order valence-corrected chi connectivity index (χ4v) is 10.6. The van der Waals surface area contributed by atoms with Crippen LogP contribution in [0.4, 0.5) is 0 Å². The van der Waals surface area contributed by atoms with Crippen molar-refractivity contribution in [2.24, 2.45) is 5.92 Å².